The second-order valence-corrected chi connectivity index (χ2v) is 4.70. The van der Waals surface area contributed by atoms with Gasteiger partial charge in [-0.05, 0) is 19.3 Å². The maximum atomic E-state index is 12.0. The standard InChI is InChI=1S/C12H22N2O4/c1-2-4-9(7-11(16)17)13-12(18)14-6-3-5-10(14)8-15/h9-10,15H,2-8H2,1H3,(H,13,18)(H,16,17). The molecule has 0 bridgehead atoms. The van der Waals surface area contributed by atoms with Gasteiger partial charge in [-0.25, -0.2) is 4.79 Å². The fraction of sp³-hybridized carbons (Fsp3) is 0.833. The molecule has 6 nitrogen and oxygen atoms in total. The summed E-state index contributed by atoms with van der Waals surface area (Å²) >= 11 is 0. The van der Waals surface area contributed by atoms with Crippen LogP contribution in [0.2, 0.25) is 0 Å². The number of aliphatic hydroxyl groups excluding tert-OH is 1. The summed E-state index contributed by atoms with van der Waals surface area (Å²) in [5, 5.41) is 20.7. The molecule has 6 heteroatoms. The van der Waals surface area contributed by atoms with Crippen LogP contribution in [-0.2, 0) is 4.79 Å². The molecule has 1 aliphatic heterocycles. The number of nitrogens with one attached hydrogen (secondary N) is 1. The Morgan fingerprint density at radius 2 is 2.22 bits per heavy atom. The number of hydrogen-bond acceptors (Lipinski definition) is 3. The van der Waals surface area contributed by atoms with E-state index in [1.807, 2.05) is 6.92 Å². The van der Waals surface area contributed by atoms with Crippen molar-refractivity contribution in [3.8, 4) is 0 Å². The largest absolute Gasteiger partial charge is 0.481 e. The van der Waals surface area contributed by atoms with Gasteiger partial charge >= 0.3 is 12.0 Å². The van der Waals surface area contributed by atoms with E-state index in [1.165, 1.54) is 0 Å². The Bertz CT molecular complexity index is 296. The maximum Gasteiger partial charge on any atom is 0.317 e. The van der Waals surface area contributed by atoms with Crippen LogP contribution in [0.3, 0.4) is 0 Å². The molecular weight excluding hydrogens is 236 g/mol. The van der Waals surface area contributed by atoms with Gasteiger partial charge < -0.3 is 20.4 Å². The van der Waals surface area contributed by atoms with Crippen molar-refractivity contribution in [2.45, 2.75) is 51.1 Å². The van der Waals surface area contributed by atoms with Crippen LogP contribution in [0, 0.1) is 0 Å². The van der Waals surface area contributed by atoms with E-state index in [0.717, 1.165) is 19.3 Å². The van der Waals surface area contributed by atoms with Gasteiger partial charge in [0.15, 0.2) is 0 Å². The van der Waals surface area contributed by atoms with Gasteiger partial charge in [-0.3, -0.25) is 4.79 Å². The zero-order valence-corrected chi connectivity index (χ0v) is 10.8. The molecule has 0 spiro atoms. The van der Waals surface area contributed by atoms with Gasteiger partial charge in [-0.1, -0.05) is 13.3 Å². The molecule has 1 aliphatic rings. The summed E-state index contributed by atoms with van der Waals surface area (Å²) in [5.41, 5.74) is 0. The molecule has 0 aliphatic carbocycles. The van der Waals surface area contributed by atoms with E-state index in [1.54, 1.807) is 4.90 Å². The summed E-state index contributed by atoms with van der Waals surface area (Å²) in [6.07, 6.45) is 3.10. The lowest BCUT2D eigenvalue weighted by atomic mass is 10.1. The number of urea groups is 1. The number of carbonyl (C=O) groups excluding carboxylic acids is 1. The smallest absolute Gasteiger partial charge is 0.317 e. The third kappa shape index (κ3) is 4.18. The van der Waals surface area contributed by atoms with Gasteiger partial charge in [0.1, 0.15) is 0 Å². The molecule has 0 aromatic carbocycles. The van der Waals surface area contributed by atoms with Crippen LogP contribution in [0.5, 0.6) is 0 Å². The number of hydrogen-bond donors (Lipinski definition) is 3. The molecule has 1 saturated heterocycles. The zero-order chi connectivity index (χ0) is 13.5. The fourth-order valence-corrected chi connectivity index (χ4v) is 2.33. The third-order valence-corrected chi connectivity index (χ3v) is 3.23. The molecular formula is C12H22N2O4. The van der Waals surface area contributed by atoms with Crippen molar-refractivity contribution in [2.24, 2.45) is 0 Å². The predicted octanol–water partition coefficient (Wildman–Crippen LogP) is 0.796. The van der Waals surface area contributed by atoms with Crippen molar-refractivity contribution in [1.29, 1.82) is 0 Å². The third-order valence-electron chi connectivity index (χ3n) is 3.23. The quantitative estimate of drug-likeness (QED) is 0.657. The highest BCUT2D eigenvalue weighted by Gasteiger charge is 2.29. The highest BCUT2D eigenvalue weighted by molar-refractivity contribution is 5.76. The molecule has 0 aromatic heterocycles. The SMILES string of the molecule is CCCC(CC(=O)O)NC(=O)N1CCCC1CO. The van der Waals surface area contributed by atoms with Crippen molar-refractivity contribution < 1.29 is 19.8 Å². The minimum absolute atomic E-state index is 0.0369. The number of carboxylic acids is 1. The lowest BCUT2D eigenvalue weighted by Crippen LogP contribution is -2.48. The summed E-state index contributed by atoms with van der Waals surface area (Å²) in [6.45, 7) is 2.54. The number of likely N-dealkylation sites (tertiary alicyclic amines) is 1. The Kier molecular flexibility index (Phi) is 5.91. The minimum Gasteiger partial charge on any atom is -0.481 e. The van der Waals surface area contributed by atoms with Crippen LogP contribution in [0.25, 0.3) is 0 Å². The second kappa shape index (κ2) is 7.20. The van der Waals surface area contributed by atoms with E-state index < -0.39 is 5.97 Å². The Morgan fingerprint density at radius 3 is 2.78 bits per heavy atom. The van der Waals surface area contributed by atoms with Crippen LogP contribution in [-0.4, -0.2) is 52.3 Å². The predicted molar refractivity (Wildman–Crippen MR) is 66.3 cm³/mol. The second-order valence-electron chi connectivity index (χ2n) is 4.70. The Morgan fingerprint density at radius 1 is 1.50 bits per heavy atom. The molecule has 104 valence electrons. The molecule has 18 heavy (non-hydrogen) atoms. The van der Waals surface area contributed by atoms with E-state index in [-0.39, 0.29) is 31.1 Å². The van der Waals surface area contributed by atoms with Crippen LogP contribution in [0.1, 0.15) is 39.0 Å². The molecule has 1 fully saturated rings. The van der Waals surface area contributed by atoms with Crippen LogP contribution < -0.4 is 5.32 Å². The zero-order valence-electron chi connectivity index (χ0n) is 10.8. The van der Waals surface area contributed by atoms with E-state index in [0.29, 0.717) is 13.0 Å². The average molecular weight is 258 g/mol. The molecule has 3 N–H and O–H groups in total. The Hall–Kier alpha value is -1.30. The van der Waals surface area contributed by atoms with Crippen LogP contribution >= 0.6 is 0 Å². The average Bonchev–Trinajstić information content (AvgIpc) is 2.76. The number of carbonyl (C=O) groups is 2. The minimum atomic E-state index is -0.908. The first-order valence-corrected chi connectivity index (χ1v) is 6.48. The lowest BCUT2D eigenvalue weighted by molar-refractivity contribution is -0.137. The highest BCUT2D eigenvalue weighted by atomic mass is 16.4. The van der Waals surface area contributed by atoms with Crippen molar-refractivity contribution in [3.05, 3.63) is 0 Å². The summed E-state index contributed by atoms with van der Waals surface area (Å²) in [6, 6.07) is -0.719. The Balaban J connectivity index is 2.51. The number of amides is 2. The van der Waals surface area contributed by atoms with Crippen molar-refractivity contribution in [3.63, 3.8) is 0 Å². The number of aliphatic carboxylic acids is 1. The molecule has 2 atom stereocenters. The first-order valence-electron chi connectivity index (χ1n) is 6.48. The molecule has 1 heterocycles. The Labute approximate surface area is 107 Å². The molecule has 0 saturated carbocycles. The van der Waals surface area contributed by atoms with Crippen molar-refractivity contribution in [2.75, 3.05) is 13.2 Å². The number of aliphatic hydroxyl groups is 1. The molecule has 0 aromatic rings. The van der Waals surface area contributed by atoms with E-state index in [2.05, 4.69) is 5.32 Å². The molecule has 2 unspecified atom stereocenters. The van der Waals surface area contributed by atoms with Crippen LogP contribution in [0.15, 0.2) is 0 Å². The first-order chi connectivity index (χ1) is 8.58. The summed E-state index contributed by atoms with van der Waals surface area (Å²) in [4.78, 5) is 24.3. The molecule has 0 radical (unpaired) electrons. The van der Waals surface area contributed by atoms with Crippen molar-refractivity contribution >= 4 is 12.0 Å². The lowest BCUT2D eigenvalue weighted by Gasteiger charge is -2.26. The van der Waals surface area contributed by atoms with Gasteiger partial charge in [-0.15, -0.1) is 0 Å². The maximum absolute atomic E-state index is 12.0. The first kappa shape index (κ1) is 14.8. The van der Waals surface area contributed by atoms with Gasteiger partial charge in [0.2, 0.25) is 0 Å². The number of nitrogens with zero attached hydrogens (tertiary/aromatic N) is 1. The van der Waals surface area contributed by atoms with Gasteiger partial charge in [0.05, 0.1) is 19.1 Å². The van der Waals surface area contributed by atoms with Gasteiger partial charge in [0, 0.05) is 12.6 Å². The highest BCUT2D eigenvalue weighted by Crippen LogP contribution is 2.17. The normalized spacial score (nSPS) is 20.8. The summed E-state index contributed by atoms with van der Waals surface area (Å²) in [7, 11) is 0. The van der Waals surface area contributed by atoms with Crippen LogP contribution in [0.4, 0.5) is 4.79 Å². The fourth-order valence-electron chi connectivity index (χ4n) is 2.33. The van der Waals surface area contributed by atoms with E-state index in [4.69, 9.17) is 10.2 Å². The number of carboxylic acid groups (broad SMARTS) is 1. The topological polar surface area (TPSA) is 89.9 Å². The van der Waals surface area contributed by atoms with E-state index >= 15 is 0 Å². The molecule has 1 rings (SSSR count). The monoisotopic (exact) mass is 258 g/mol. The van der Waals surface area contributed by atoms with E-state index in [9.17, 15) is 9.59 Å². The summed E-state index contributed by atoms with van der Waals surface area (Å²) < 4.78 is 0. The molecule has 2 amide bonds. The van der Waals surface area contributed by atoms with Crippen molar-refractivity contribution in [1.82, 2.24) is 10.2 Å². The van der Waals surface area contributed by atoms with Gasteiger partial charge in [0.25, 0.3) is 0 Å². The number of rotatable bonds is 6. The van der Waals surface area contributed by atoms with Gasteiger partial charge in [-0.2, -0.15) is 0 Å². The summed E-state index contributed by atoms with van der Waals surface area (Å²) in [5.74, 6) is -0.908.